The van der Waals surface area contributed by atoms with Crippen molar-refractivity contribution in [2.75, 3.05) is 0 Å². The Hall–Kier alpha value is -0.770. The predicted molar refractivity (Wildman–Crippen MR) is 62.3 cm³/mol. The number of hydrogen-bond donors (Lipinski definition) is 1. The summed E-state index contributed by atoms with van der Waals surface area (Å²) in [5.41, 5.74) is 7.58. The number of nitrogens with zero attached hydrogens (tertiary/aromatic N) is 2. The monoisotopic (exact) mass is 233 g/mol. The van der Waals surface area contributed by atoms with Crippen molar-refractivity contribution in [3.8, 4) is 0 Å². The Bertz CT molecular complexity index is 365. The first kappa shape index (κ1) is 13.2. The SMILES string of the molecule is C[C@@H](N)c1cn2ccccc2n1.Cl.Cl. The predicted octanol–water partition coefficient (Wildman–Crippen LogP) is 2.20. The lowest BCUT2D eigenvalue weighted by atomic mass is 10.3. The van der Waals surface area contributed by atoms with Gasteiger partial charge in [-0.05, 0) is 19.1 Å². The largest absolute Gasteiger partial charge is 0.323 e. The van der Waals surface area contributed by atoms with Gasteiger partial charge >= 0.3 is 0 Å². The fraction of sp³-hybridized carbons (Fsp3) is 0.222. The highest BCUT2D eigenvalue weighted by Gasteiger charge is 2.03. The molecule has 5 heteroatoms. The third kappa shape index (κ3) is 2.38. The summed E-state index contributed by atoms with van der Waals surface area (Å²) in [7, 11) is 0. The summed E-state index contributed by atoms with van der Waals surface area (Å²) in [6.45, 7) is 1.93. The van der Waals surface area contributed by atoms with E-state index in [0.717, 1.165) is 11.3 Å². The number of nitrogens with two attached hydrogens (primary N) is 1. The van der Waals surface area contributed by atoms with E-state index in [9.17, 15) is 0 Å². The molecule has 2 heterocycles. The second-order valence-corrected chi connectivity index (χ2v) is 2.92. The van der Waals surface area contributed by atoms with Crippen molar-refractivity contribution in [1.82, 2.24) is 9.38 Å². The van der Waals surface area contributed by atoms with E-state index in [0.29, 0.717) is 0 Å². The van der Waals surface area contributed by atoms with Crippen molar-refractivity contribution in [3.63, 3.8) is 0 Å². The summed E-state index contributed by atoms with van der Waals surface area (Å²) in [5.74, 6) is 0. The van der Waals surface area contributed by atoms with Gasteiger partial charge in [0.1, 0.15) is 5.65 Å². The molecule has 14 heavy (non-hydrogen) atoms. The van der Waals surface area contributed by atoms with Gasteiger partial charge in [-0.1, -0.05) is 6.07 Å². The van der Waals surface area contributed by atoms with Crippen LogP contribution in [0.25, 0.3) is 5.65 Å². The first-order valence-electron chi connectivity index (χ1n) is 3.96. The molecular weight excluding hydrogens is 221 g/mol. The van der Waals surface area contributed by atoms with Crippen LogP contribution in [0.5, 0.6) is 0 Å². The molecule has 0 aromatic carbocycles. The van der Waals surface area contributed by atoms with Crippen LogP contribution in [0.1, 0.15) is 18.7 Å². The molecule has 2 aromatic heterocycles. The Morgan fingerprint density at radius 2 is 2.07 bits per heavy atom. The molecule has 0 aliphatic rings. The smallest absolute Gasteiger partial charge is 0.137 e. The molecule has 2 aromatic rings. The molecule has 0 amide bonds. The Labute approximate surface area is 95.1 Å². The summed E-state index contributed by atoms with van der Waals surface area (Å²) < 4.78 is 1.97. The van der Waals surface area contributed by atoms with Crippen LogP contribution in [-0.4, -0.2) is 9.38 Å². The third-order valence-electron chi connectivity index (χ3n) is 1.85. The van der Waals surface area contributed by atoms with Gasteiger partial charge < -0.3 is 10.1 Å². The first-order valence-corrected chi connectivity index (χ1v) is 3.96. The van der Waals surface area contributed by atoms with Crippen molar-refractivity contribution < 1.29 is 0 Å². The molecule has 0 saturated heterocycles. The number of imidazole rings is 1. The number of aromatic nitrogens is 2. The maximum Gasteiger partial charge on any atom is 0.137 e. The van der Waals surface area contributed by atoms with E-state index in [2.05, 4.69) is 4.98 Å². The topological polar surface area (TPSA) is 43.3 Å². The van der Waals surface area contributed by atoms with E-state index in [-0.39, 0.29) is 30.9 Å². The maximum absolute atomic E-state index is 5.70. The third-order valence-corrected chi connectivity index (χ3v) is 1.85. The van der Waals surface area contributed by atoms with Crippen molar-refractivity contribution in [2.24, 2.45) is 5.73 Å². The molecule has 0 spiro atoms. The Balaban J connectivity index is 0.000000845. The van der Waals surface area contributed by atoms with Gasteiger partial charge in [0, 0.05) is 18.4 Å². The molecular formula is C9H13Cl2N3. The highest BCUT2D eigenvalue weighted by atomic mass is 35.5. The van der Waals surface area contributed by atoms with E-state index in [1.165, 1.54) is 0 Å². The van der Waals surface area contributed by atoms with Crippen molar-refractivity contribution in [3.05, 3.63) is 36.3 Å². The average molecular weight is 234 g/mol. The number of halogens is 2. The fourth-order valence-electron chi connectivity index (χ4n) is 1.17. The molecule has 1 atom stereocenters. The van der Waals surface area contributed by atoms with Gasteiger partial charge in [-0.2, -0.15) is 0 Å². The van der Waals surface area contributed by atoms with Crippen LogP contribution >= 0.6 is 24.8 Å². The van der Waals surface area contributed by atoms with Crippen molar-refractivity contribution in [2.45, 2.75) is 13.0 Å². The van der Waals surface area contributed by atoms with Gasteiger partial charge in [0.15, 0.2) is 0 Å². The molecule has 2 rings (SSSR count). The zero-order valence-corrected chi connectivity index (χ0v) is 9.39. The minimum Gasteiger partial charge on any atom is -0.323 e. The van der Waals surface area contributed by atoms with E-state index in [1.807, 2.05) is 41.9 Å². The summed E-state index contributed by atoms with van der Waals surface area (Å²) in [6, 6.07) is 5.91. The quantitative estimate of drug-likeness (QED) is 0.821. The van der Waals surface area contributed by atoms with Gasteiger partial charge in [-0.15, -0.1) is 24.8 Å². The minimum atomic E-state index is 0. The van der Waals surface area contributed by atoms with Crippen LogP contribution in [-0.2, 0) is 0 Å². The molecule has 78 valence electrons. The number of fused-ring (bicyclic) bond motifs is 1. The standard InChI is InChI=1S/C9H11N3.2ClH/c1-7(10)8-6-12-5-3-2-4-9(12)11-8;;/h2-7H,10H2,1H3;2*1H/t7-;;/m1../s1. The average Bonchev–Trinajstić information content (AvgIpc) is 2.46. The van der Waals surface area contributed by atoms with E-state index in [4.69, 9.17) is 5.73 Å². The summed E-state index contributed by atoms with van der Waals surface area (Å²) in [6.07, 6.45) is 3.92. The van der Waals surface area contributed by atoms with Crippen LogP contribution in [0.2, 0.25) is 0 Å². The molecule has 0 aliphatic carbocycles. The van der Waals surface area contributed by atoms with E-state index >= 15 is 0 Å². The van der Waals surface area contributed by atoms with Gasteiger partial charge in [0.05, 0.1) is 5.69 Å². The van der Waals surface area contributed by atoms with Gasteiger partial charge in [-0.25, -0.2) is 4.98 Å². The Morgan fingerprint density at radius 1 is 1.36 bits per heavy atom. The van der Waals surface area contributed by atoms with Gasteiger partial charge in [0.2, 0.25) is 0 Å². The summed E-state index contributed by atoms with van der Waals surface area (Å²) >= 11 is 0. The Kier molecular flexibility index (Phi) is 4.91. The molecule has 3 nitrogen and oxygen atoms in total. The van der Waals surface area contributed by atoms with Crippen LogP contribution < -0.4 is 5.73 Å². The van der Waals surface area contributed by atoms with Crippen LogP contribution in [0.3, 0.4) is 0 Å². The lowest BCUT2D eigenvalue weighted by molar-refractivity contribution is 0.790. The van der Waals surface area contributed by atoms with E-state index in [1.54, 1.807) is 0 Å². The summed E-state index contributed by atoms with van der Waals surface area (Å²) in [5, 5.41) is 0. The zero-order chi connectivity index (χ0) is 8.55. The minimum absolute atomic E-state index is 0. The highest BCUT2D eigenvalue weighted by molar-refractivity contribution is 5.85. The highest BCUT2D eigenvalue weighted by Crippen LogP contribution is 2.09. The molecule has 0 bridgehead atoms. The molecule has 0 fully saturated rings. The van der Waals surface area contributed by atoms with Crippen LogP contribution in [0, 0.1) is 0 Å². The molecule has 0 unspecified atom stereocenters. The molecule has 0 saturated carbocycles. The maximum atomic E-state index is 5.70. The van der Waals surface area contributed by atoms with Crippen LogP contribution in [0.15, 0.2) is 30.6 Å². The zero-order valence-electron chi connectivity index (χ0n) is 7.75. The number of hydrogen-bond acceptors (Lipinski definition) is 2. The second-order valence-electron chi connectivity index (χ2n) is 2.92. The van der Waals surface area contributed by atoms with Crippen LogP contribution in [0.4, 0.5) is 0 Å². The number of rotatable bonds is 1. The van der Waals surface area contributed by atoms with Crippen molar-refractivity contribution >= 4 is 30.5 Å². The normalized spacial score (nSPS) is 11.6. The number of pyridine rings is 1. The van der Waals surface area contributed by atoms with E-state index < -0.39 is 0 Å². The fourth-order valence-corrected chi connectivity index (χ4v) is 1.17. The Morgan fingerprint density at radius 3 is 2.64 bits per heavy atom. The van der Waals surface area contributed by atoms with Gasteiger partial charge in [0.25, 0.3) is 0 Å². The van der Waals surface area contributed by atoms with Crippen molar-refractivity contribution in [1.29, 1.82) is 0 Å². The lowest BCUT2D eigenvalue weighted by Gasteiger charge is -1.95. The van der Waals surface area contributed by atoms with Gasteiger partial charge in [-0.3, -0.25) is 0 Å². The summed E-state index contributed by atoms with van der Waals surface area (Å²) in [4.78, 5) is 4.35. The molecule has 2 N–H and O–H groups in total. The first-order chi connectivity index (χ1) is 5.77. The molecule has 0 radical (unpaired) electrons. The lowest BCUT2D eigenvalue weighted by Crippen LogP contribution is -2.04. The second kappa shape index (κ2) is 5.20. The molecule has 0 aliphatic heterocycles.